The van der Waals surface area contributed by atoms with Gasteiger partial charge in [-0.15, -0.1) is 0 Å². The number of hydrogen-bond donors (Lipinski definition) is 1. The van der Waals surface area contributed by atoms with E-state index in [1.54, 1.807) is 12.3 Å². The van der Waals surface area contributed by atoms with Crippen LogP contribution in [0.1, 0.15) is 11.1 Å². The lowest BCUT2D eigenvalue weighted by atomic mass is 10.2. The minimum absolute atomic E-state index is 0.0369. The van der Waals surface area contributed by atoms with E-state index in [1.807, 2.05) is 36.4 Å². The Balaban J connectivity index is 2.16. The first-order valence-electron chi connectivity index (χ1n) is 5.05. The fraction of sp³-hybridized carbons (Fsp3) is 0.0769. The zero-order valence-electron chi connectivity index (χ0n) is 9.00. The number of pyridine rings is 1. The van der Waals surface area contributed by atoms with Crippen molar-refractivity contribution in [2.24, 2.45) is 0 Å². The first-order chi connectivity index (χ1) is 8.31. The van der Waals surface area contributed by atoms with Crippen LogP contribution in [-0.4, -0.2) is 10.1 Å². The number of rotatable bonds is 3. The van der Waals surface area contributed by atoms with Gasteiger partial charge in [0.1, 0.15) is 11.1 Å². The summed E-state index contributed by atoms with van der Waals surface area (Å²) in [6.07, 6.45) is 1.55. The van der Waals surface area contributed by atoms with E-state index in [9.17, 15) is 0 Å². The predicted octanol–water partition coefficient (Wildman–Crippen LogP) is 2.60. The molecule has 17 heavy (non-hydrogen) atoms. The molecule has 84 valence electrons. The van der Waals surface area contributed by atoms with Crippen molar-refractivity contribution in [1.29, 1.82) is 5.26 Å². The van der Waals surface area contributed by atoms with Crippen LogP contribution in [0.2, 0.25) is 0 Å². The van der Waals surface area contributed by atoms with E-state index >= 15 is 0 Å². The lowest BCUT2D eigenvalue weighted by Crippen LogP contribution is -1.84. The molecule has 0 aliphatic heterocycles. The summed E-state index contributed by atoms with van der Waals surface area (Å²) in [6, 6.07) is 13.2. The second-order valence-corrected chi connectivity index (χ2v) is 4.50. The van der Waals surface area contributed by atoms with Gasteiger partial charge in [-0.05, 0) is 29.8 Å². The van der Waals surface area contributed by atoms with Gasteiger partial charge in [-0.3, -0.25) is 0 Å². The molecule has 2 rings (SSSR count). The molecule has 1 heterocycles. The van der Waals surface area contributed by atoms with Crippen LogP contribution in [0.3, 0.4) is 0 Å². The number of aliphatic hydroxyl groups is 1. The summed E-state index contributed by atoms with van der Waals surface area (Å²) in [7, 11) is 0. The van der Waals surface area contributed by atoms with Crippen molar-refractivity contribution in [3.63, 3.8) is 0 Å². The Morgan fingerprint density at radius 1 is 1.29 bits per heavy atom. The van der Waals surface area contributed by atoms with Crippen LogP contribution in [0.15, 0.2) is 52.5 Å². The summed E-state index contributed by atoms with van der Waals surface area (Å²) < 4.78 is 0. The molecule has 1 N–H and O–H groups in total. The largest absolute Gasteiger partial charge is 0.392 e. The van der Waals surface area contributed by atoms with E-state index in [1.165, 1.54) is 11.8 Å². The topological polar surface area (TPSA) is 56.9 Å². The van der Waals surface area contributed by atoms with Crippen molar-refractivity contribution < 1.29 is 5.11 Å². The van der Waals surface area contributed by atoms with Gasteiger partial charge in [-0.1, -0.05) is 23.9 Å². The highest BCUT2D eigenvalue weighted by atomic mass is 32.2. The van der Waals surface area contributed by atoms with E-state index in [2.05, 4.69) is 4.98 Å². The lowest BCUT2D eigenvalue weighted by Gasteiger charge is -2.02. The Labute approximate surface area is 104 Å². The fourth-order valence-electron chi connectivity index (χ4n) is 1.33. The lowest BCUT2D eigenvalue weighted by molar-refractivity contribution is 0.281. The molecule has 0 unspecified atom stereocenters. The molecule has 0 spiro atoms. The minimum Gasteiger partial charge on any atom is -0.392 e. The molecule has 0 saturated heterocycles. The first-order valence-corrected chi connectivity index (χ1v) is 5.87. The molecule has 0 atom stereocenters. The number of aromatic nitrogens is 1. The zero-order chi connectivity index (χ0) is 12.1. The van der Waals surface area contributed by atoms with Crippen molar-refractivity contribution in [2.75, 3.05) is 0 Å². The zero-order valence-corrected chi connectivity index (χ0v) is 9.81. The maximum absolute atomic E-state index is 9.04. The van der Waals surface area contributed by atoms with E-state index < -0.39 is 0 Å². The van der Waals surface area contributed by atoms with E-state index in [4.69, 9.17) is 10.4 Å². The fourth-order valence-corrected chi connectivity index (χ4v) is 2.17. The van der Waals surface area contributed by atoms with Crippen molar-refractivity contribution in [1.82, 2.24) is 4.98 Å². The molecule has 0 aliphatic carbocycles. The number of nitriles is 1. The Morgan fingerprint density at radius 2 is 2.18 bits per heavy atom. The van der Waals surface area contributed by atoms with Gasteiger partial charge in [-0.25, -0.2) is 4.98 Å². The molecule has 1 aromatic carbocycles. The Hall–Kier alpha value is -1.83. The molecule has 2 aromatic rings. The highest BCUT2D eigenvalue weighted by Crippen LogP contribution is 2.26. The molecule has 0 bridgehead atoms. The summed E-state index contributed by atoms with van der Waals surface area (Å²) >= 11 is 1.50. The molecule has 1 aromatic heterocycles. The summed E-state index contributed by atoms with van der Waals surface area (Å²) in [5.41, 5.74) is 1.43. The van der Waals surface area contributed by atoms with Crippen LogP contribution in [0, 0.1) is 11.3 Å². The average molecular weight is 242 g/mol. The van der Waals surface area contributed by atoms with Gasteiger partial charge in [0.2, 0.25) is 0 Å². The van der Waals surface area contributed by atoms with Crippen molar-refractivity contribution >= 4 is 11.8 Å². The van der Waals surface area contributed by atoms with Gasteiger partial charge in [0.05, 0.1) is 12.2 Å². The van der Waals surface area contributed by atoms with E-state index in [0.29, 0.717) is 5.56 Å². The van der Waals surface area contributed by atoms with Crippen molar-refractivity contribution in [3.8, 4) is 6.07 Å². The number of benzene rings is 1. The van der Waals surface area contributed by atoms with Gasteiger partial charge in [0.25, 0.3) is 0 Å². The van der Waals surface area contributed by atoms with E-state index in [-0.39, 0.29) is 6.61 Å². The van der Waals surface area contributed by atoms with Crippen LogP contribution in [-0.2, 0) is 6.61 Å². The second-order valence-electron chi connectivity index (χ2n) is 3.40. The third kappa shape index (κ3) is 3.06. The summed E-state index contributed by atoms with van der Waals surface area (Å²) in [5.74, 6) is 0. The van der Waals surface area contributed by atoms with Gasteiger partial charge in [0.15, 0.2) is 0 Å². The molecule has 4 heteroatoms. The maximum Gasteiger partial charge on any atom is 0.101 e. The number of aliphatic hydroxyl groups excluding tert-OH is 1. The Kier molecular flexibility index (Phi) is 3.76. The SMILES string of the molecule is N#Cc1ccc(Sc2cccc(CO)c2)nc1. The molecule has 0 aliphatic rings. The Morgan fingerprint density at radius 3 is 2.82 bits per heavy atom. The normalized spacial score (nSPS) is 9.88. The highest BCUT2D eigenvalue weighted by Gasteiger charge is 2.00. The molecule has 0 saturated carbocycles. The van der Waals surface area contributed by atoms with Gasteiger partial charge >= 0.3 is 0 Å². The second kappa shape index (κ2) is 5.48. The van der Waals surface area contributed by atoms with Gasteiger partial charge < -0.3 is 5.11 Å². The summed E-state index contributed by atoms with van der Waals surface area (Å²) in [5, 5.41) is 18.5. The third-order valence-corrected chi connectivity index (χ3v) is 3.11. The molecule has 0 amide bonds. The first kappa shape index (κ1) is 11.6. The Bertz CT molecular complexity index is 546. The van der Waals surface area contributed by atoms with Crippen LogP contribution < -0.4 is 0 Å². The van der Waals surface area contributed by atoms with Gasteiger partial charge in [-0.2, -0.15) is 5.26 Å². The minimum atomic E-state index is 0.0369. The quantitative estimate of drug-likeness (QED) is 0.898. The summed E-state index contributed by atoms with van der Waals surface area (Å²) in [6.45, 7) is 0.0369. The van der Waals surface area contributed by atoms with Crippen molar-refractivity contribution in [2.45, 2.75) is 16.5 Å². The summed E-state index contributed by atoms with van der Waals surface area (Å²) in [4.78, 5) is 5.20. The van der Waals surface area contributed by atoms with Crippen LogP contribution >= 0.6 is 11.8 Å². The third-order valence-electron chi connectivity index (χ3n) is 2.17. The maximum atomic E-state index is 9.04. The average Bonchev–Trinajstić information content (AvgIpc) is 2.40. The monoisotopic (exact) mass is 242 g/mol. The molecule has 0 radical (unpaired) electrons. The highest BCUT2D eigenvalue weighted by molar-refractivity contribution is 7.99. The standard InChI is InChI=1S/C13H10N2OS/c14-7-11-4-5-13(15-8-11)17-12-3-1-2-10(6-12)9-16/h1-6,8,16H,9H2. The van der Waals surface area contributed by atoms with Gasteiger partial charge in [0, 0.05) is 11.1 Å². The van der Waals surface area contributed by atoms with E-state index in [0.717, 1.165) is 15.5 Å². The molecular weight excluding hydrogens is 232 g/mol. The molecular formula is C13H10N2OS. The number of nitrogens with zero attached hydrogens (tertiary/aromatic N) is 2. The van der Waals surface area contributed by atoms with Crippen molar-refractivity contribution in [3.05, 3.63) is 53.7 Å². The predicted molar refractivity (Wildman–Crippen MR) is 65.4 cm³/mol. The smallest absolute Gasteiger partial charge is 0.101 e. The number of hydrogen-bond acceptors (Lipinski definition) is 4. The van der Waals surface area contributed by atoms with Crippen LogP contribution in [0.25, 0.3) is 0 Å². The van der Waals surface area contributed by atoms with Crippen LogP contribution in [0.5, 0.6) is 0 Å². The molecule has 0 fully saturated rings. The van der Waals surface area contributed by atoms with Crippen LogP contribution in [0.4, 0.5) is 0 Å². The molecule has 3 nitrogen and oxygen atoms in total.